The van der Waals surface area contributed by atoms with Crippen LogP contribution in [0, 0.1) is 0 Å². The lowest BCUT2D eigenvalue weighted by Crippen LogP contribution is -2.28. The van der Waals surface area contributed by atoms with Gasteiger partial charge in [-0.3, -0.25) is 0 Å². The second-order valence-electron chi connectivity index (χ2n) is 6.74. The fourth-order valence-electron chi connectivity index (χ4n) is 2.55. The van der Waals surface area contributed by atoms with Crippen LogP contribution in [0.15, 0.2) is 24.3 Å². The van der Waals surface area contributed by atoms with Crippen molar-refractivity contribution in [3.8, 4) is 0 Å². The Morgan fingerprint density at radius 3 is 2.45 bits per heavy atom. The lowest BCUT2D eigenvalue weighted by atomic mass is 10.1. The zero-order valence-electron chi connectivity index (χ0n) is 12.9. The van der Waals surface area contributed by atoms with Crippen molar-refractivity contribution < 1.29 is 19.4 Å². The number of nitrogens with zero attached hydrogens (tertiary/aromatic N) is 1. The first-order valence-electron chi connectivity index (χ1n) is 7.38. The molecule has 5 heteroatoms. The van der Waals surface area contributed by atoms with Crippen LogP contribution in [-0.2, 0) is 4.74 Å². The topological polar surface area (TPSA) is 68.5 Å². The molecule has 1 aliphatic rings. The van der Waals surface area contributed by atoms with Gasteiger partial charge >= 0.3 is 12.1 Å². The van der Waals surface area contributed by atoms with Gasteiger partial charge in [0.15, 0.2) is 0 Å². The first kappa shape index (κ1) is 14.6. The standard InChI is InChI=1S/C17H19NO4/c1-17(2,3)22-16(21)18-13-8-11(10-4-5-10)6-7-12(13)9-14(18)15(19)20/h6-10H,4-5H2,1-3H3,(H,19,20). The quantitative estimate of drug-likeness (QED) is 0.910. The molecule has 116 valence electrons. The van der Waals surface area contributed by atoms with Crippen LogP contribution in [0.3, 0.4) is 0 Å². The molecule has 1 aliphatic carbocycles. The number of hydrogen-bond donors (Lipinski definition) is 1. The number of aromatic nitrogens is 1. The van der Waals surface area contributed by atoms with Crippen molar-refractivity contribution in [3.63, 3.8) is 0 Å². The molecule has 1 heterocycles. The van der Waals surface area contributed by atoms with Gasteiger partial charge in [-0.15, -0.1) is 0 Å². The number of benzene rings is 1. The van der Waals surface area contributed by atoms with E-state index >= 15 is 0 Å². The van der Waals surface area contributed by atoms with Crippen molar-refractivity contribution in [3.05, 3.63) is 35.5 Å². The molecule has 0 atom stereocenters. The molecule has 0 radical (unpaired) electrons. The lowest BCUT2D eigenvalue weighted by Gasteiger charge is -2.20. The monoisotopic (exact) mass is 301 g/mol. The summed E-state index contributed by atoms with van der Waals surface area (Å²) >= 11 is 0. The van der Waals surface area contributed by atoms with Gasteiger partial charge in [0.2, 0.25) is 0 Å². The van der Waals surface area contributed by atoms with Gasteiger partial charge in [-0.2, -0.15) is 0 Å². The summed E-state index contributed by atoms with van der Waals surface area (Å²) in [5, 5.41) is 10.1. The third-order valence-corrected chi connectivity index (χ3v) is 3.67. The van der Waals surface area contributed by atoms with Gasteiger partial charge in [0.05, 0.1) is 5.52 Å². The molecule has 5 nitrogen and oxygen atoms in total. The Bertz CT molecular complexity index is 763. The normalized spacial score (nSPS) is 15.0. The first-order chi connectivity index (χ1) is 10.3. The van der Waals surface area contributed by atoms with Crippen LogP contribution in [-0.4, -0.2) is 27.3 Å². The fraction of sp³-hybridized carbons (Fsp3) is 0.412. The number of carbonyl (C=O) groups excluding carboxylic acids is 1. The van der Waals surface area contributed by atoms with Gasteiger partial charge in [-0.1, -0.05) is 12.1 Å². The predicted octanol–water partition coefficient (Wildman–Crippen LogP) is 4.00. The average molecular weight is 301 g/mol. The van der Waals surface area contributed by atoms with Gasteiger partial charge in [0.25, 0.3) is 0 Å². The minimum absolute atomic E-state index is 0.0720. The second kappa shape index (κ2) is 4.87. The maximum atomic E-state index is 12.4. The Kier molecular flexibility index (Phi) is 3.24. The summed E-state index contributed by atoms with van der Waals surface area (Å²) in [6.07, 6.45) is 1.63. The summed E-state index contributed by atoms with van der Waals surface area (Å²) in [5.41, 5.74) is 0.984. The highest BCUT2D eigenvalue weighted by atomic mass is 16.6. The van der Waals surface area contributed by atoms with E-state index in [9.17, 15) is 14.7 Å². The Labute approximate surface area is 128 Å². The molecule has 0 aliphatic heterocycles. The zero-order valence-corrected chi connectivity index (χ0v) is 12.9. The van der Waals surface area contributed by atoms with Crippen LogP contribution in [0.2, 0.25) is 0 Å². The Morgan fingerprint density at radius 1 is 1.23 bits per heavy atom. The van der Waals surface area contributed by atoms with E-state index < -0.39 is 17.7 Å². The molecular weight excluding hydrogens is 282 g/mol. The molecule has 22 heavy (non-hydrogen) atoms. The Balaban J connectivity index is 2.15. The van der Waals surface area contributed by atoms with Crippen molar-refractivity contribution in [1.29, 1.82) is 0 Å². The van der Waals surface area contributed by atoms with Gasteiger partial charge < -0.3 is 9.84 Å². The number of carbonyl (C=O) groups is 2. The molecule has 1 aromatic carbocycles. The molecule has 2 aromatic rings. The van der Waals surface area contributed by atoms with Crippen molar-refractivity contribution in [2.45, 2.75) is 45.1 Å². The fourth-order valence-corrected chi connectivity index (χ4v) is 2.55. The maximum absolute atomic E-state index is 12.4. The number of hydrogen-bond acceptors (Lipinski definition) is 3. The van der Waals surface area contributed by atoms with Gasteiger partial charge in [-0.05, 0) is 57.2 Å². The SMILES string of the molecule is CC(C)(C)OC(=O)n1c(C(=O)O)cc2ccc(C3CC3)cc21. The molecule has 1 N–H and O–H groups in total. The molecule has 0 unspecified atom stereocenters. The molecule has 0 saturated heterocycles. The van der Waals surface area contributed by atoms with Crippen LogP contribution < -0.4 is 0 Å². The van der Waals surface area contributed by atoms with E-state index in [2.05, 4.69) is 0 Å². The summed E-state index contributed by atoms with van der Waals surface area (Å²) in [5.74, 6) is -0.616. The van der Waals surface area contributed by atoms with Crippen molar-refractivity contribution in [2.24, 2.45) is 0 Å². The largest absolute Gasteiger partial charge is 0.477 e. The van der Waals surface area contributed by atoms with E-state index in [0.717, 1.165) is 28.4 Å². The summed E-state index contributed by atoms with van der Waals surface area (Å²) in [7, 11) is 0. The average Bonchev–Trinajstić information content (AvgIpc) is 3.15. The molecule has 3 rings (SSSR count). The minimum Gasteiger partial charge on any atom is -0.477 e. The molecule has 0 bridgehead atoms. The molecule has 0 amide bonds. The van der Waals surface area contributed by atoms with E-state index in [1.165, 1.54) is 6.07 Å². The third-order valence-electron chi connectivity index (χ3n) is 3.67. The van der Waals surface area contributed by atoms with Crippen LogP contribution in [0.1, 0.15) is 55.6 Å². The molecular formula is C17H19NO4. The van der Waals surface area contributed by atoms with E-state index in [0.29, 0.717) is 11.4 Å². The minimum atomic E-state index is -1.14. The molecule has 0 spiro atoms. The highest BCUT2D eigenvalue weighted by Crippen LogP contribution is 2.41. The predicted molar refractivity (Wildman–Crippen MR) is 82.5 cm³/mol. The van der Waals surface area contributed by atoms with Gasteiger partial charge in [0, 0.05) is 5.39 Å². The summed E-state index contributed by atoms with van der Waals surface area (Å²) in [4.78, 5) is 23.9. The van der Waals surface area contributed by atoms with Crippen LogP contribution in [0.25, 0.3) is 10.9 Å². The zero-order chi connectivity index (χ0) is 16.1. The second-order valence-corrected chi connectivity index (χ2v) is 6.74. The maximum Gasteiger partial charge on any atom is 0.419 e. The number of rotatable bonds is 2. The van der Waals surface area contributed by atoms with E-state index in [1.807, 2.05) is 18.2 Å². The first-order valence-corrected chi connectivity index (χ1v) is 7.38. The molecule has 1 aromatic heterocycles. The number of aromatic carboxylic acids is 1. The summed E-state index contributed by atoms with van der Waals surface area (Å²) in [6.45, 7) is 5.27. The van der Waals surface area contributed by atoms with E-state index in [-0.39, 0.29) is 5.69 Å². The van der Waals surface area contributed by atoms with Crippen LogP contribution >= 0.6 is 0 Å². The van der Waals surface area contributed by atoms with Crippen LogP contribution in [0.5, 0.6) is 0 Å². The number of carboxylic acid groups (broad SMARTS) is 1. The number of ether oxygens (including phenoxy) is 1. The smallest absolute Gasteiger partial charge is 0.419 e. The van der Waals surface area contributed by atoms with E-state index in [1.54, 1.807) is 20.8 Å². The van der Waals surface area contributed by atoms with Crippen molar-refractivity contribution >= 4 is 23.0 Å². The number of carboxylic acids is 1. The molecule has 1 fully saturated rings. The van der Waals surface area contributed by atoms with Crippen molar-refractivity contribution in [1.82, 2.24) is 4.57 Å². The van der Waals surface area contributed by atoms with Gasteiger partial charge in [0.1, 0.15) is 11.3 Å². The van der Waals surface area contributed by atoms with Gasteiger partial charge in [-0.25, -0.2) is 14.2 Å². The van der Waals surface area contributed by atoms with Crippen LogP contribution in [0.4, 0.5) is 4.79 Å². The third kappa shape index (κ3) is 2.71. The summed E-state index contributed by atoms with van der Waals surface area (Å²) < 4.78 is 6.52. The Morgan fingerprint density at radius 2 is 1.91 bits per heavy atom. The lowest BCUT2D eigenvalue weighted by molar-refractivity contribution is 0.0513. The van der Waals surface area contributed by atoms with Crippen molar-refractivity contribution in [2.75, 3.05) is 0 Å². The van der Waals surface area contributed by atoms with E-state index in [4.69, 9.17) is 4.74 Å². The number of fused-ring (bicyclic) bond motifs is 1. The highest BCUT2D eigenvalue weighted by molar-refractivity contribution is 6.01. The summed E-state index contributed by atoms with van der Waals surface area (Å²) in [6, 6.07) is 7.29. The highest BCUT2D eigenvalue weighted by Gasteiger charge is 2.27. The molecule has 1 saturated carbocycles. The Hall–Kier alpha value is -2.30.